The predicted octanol–water partition coefficient (Wildman–Crippen LogP) is 2.63. The van der Waals surface area contributed by atoms with E-state index in [0.717, 1.165) is 18.0 Å². The van der Waals surface area contributed by atoms with Gasteiger partial charge >= 0.3 is 0 Å². The predicted molar refractivity (Wildman–Crippen MR) is 76.4 cm³/mol. The van der Waals surface area contributed by atoms with Crippen LogP contribution in [-0.4, -0.2) is 30.3 Å². The van der Waals surface area contributed by atoms with Crippen molar-refractivity contribution >= 4 is 11.8 Å². The molecule has 0 aromatic heterocycles. The second-order valence-electron chi connectivity index (χ2n) is 4.65. The Bertz CT molecular complexity index is 378. The van der Waals surface area contributed by atoms with Crippen LogP contribution in [0.15, 0.2) is 18.2 Å². The molecule has 0 spiro atoms. The molecule has 0 amide bonds. The van der Waals surface area contributed by atoms with E-state index in [1.165, 1.54) is 24.3 Å². The summed E-state index contributed by atoms with van der Waals surface area (Å²) in [5.74, 6) is 4.17. The second-order valence-corrected chi connectivity index (χ2v) is 5.88. The van der Waals surface area contributed by atoms with Crippen molar-refractivity contribution in [3.63, 3.8) is 0 Å². The third-order valence-electron chi connectivity index (χ3n) is 3.39. The van der Waals surface area contributed by atoms with Crippen LogP contribution in [0.4, 0.5) is 0 Å². The number of hydrogen-bond donors (Lipinski definition) is 2. The highest BCUT2D eigenvalue weighted by molar-refractivity contribution is 7.99. The van der Waals surface area contributed by atoms with Gasteiger partial charge in [0.15, 0.2) is 11.5 Å². The monoisotopic (exact) mass is 267 g/mol. The van der Waals surface area contributed by atoms with Gasteiger partial charge in [-0.15, -0.1) is 0 Å². The molecule has 0 radical (unpaired) electrons. The number of para-hydroxylation sites is 1. The van der Waals surface area contributed by atoms with Crippen LogP contribution >= 0.6 is 11.8 Å². The highest BCUT2D eigenvalue weighted by atomic mass is 32.2. The van der Waals surface area contributed by atoms with Crippen LogP contribution < -0.4 is 10.1 Å². The smallest absolute Gasteiger partial charge is 0.162 e. The lowest BCUT2D eigenvalue weighted by Crippen LogP contribution is -2.25. The minimum atomic E-state index is 0.256. The zero-order valence-electron chi connectivity index (χ0n) is 10.8. The van der Waals surface area contributed by atoms with Crippen LogP contribution in [0.5, 0.6) is 11.5 Å². The Labute approximate surface area is 113 Å². The minimum absolute atomic E-state index is 0.256. The Morgan fingerprint density at radius 1 is 1.39 bits per heavy atom. The van der Waals surface area contributed by atoms with Crippen molar-refractivity contribution in [1.82, 2.24) is 5.32 Å². The van der Waals surface area contributed by atoms with Gasteiger partial charge in [-0.2, -0.15) is 11.8 Å². The highest BCUT2D eigenvalue weighted by Gasteiger charge is 2.13. The lowest BCUT2D eigenvalue weighted by molar-refractivity contribution is 0.368. The molecule has 2 rings (SSSR count). The molecule has 1 aromatic rings. The third-order valence-corrected chi connectivity index (χ3v) is 4.44. The average Bonchev–Trinajstić information content (AvgIpc) is 2.42. The van der Waals surface area contributed by atoms with Crippen molar-refractivity contribution in [3.05, 3.63) is 23.8 Å². The lowest BCUT2D eigenvalue weighted by Gasteiger charge is -2.21. The number of thioether (sulfide) groups is 1. The van der Waals surface area contributed by atoms with Gasteiger partial charge < -0.3 is 15.2 Å². The van der Waals surface area contributed by atoms with Crippen LogP contribution in [0.1, 0.15) is 18.4 Å². The SMILES string of the molecule is COc1cccc(CNCC2CCSCC2)c1O. The summed E-state index contributed by atoms with van der Waals surface area (Å²) in [6, 6.07) is 5.62. The number of phenols is 1. The molecule has 1 fully saturated rings. The molecule has 3 nitrogen and oxygen atoms in total. The molecule has 4 heteroatoms. The Kier molecular flexibility index (Phi) is 5.20. The van der Waals surface area contributed by atoms with Gasteiger partial charge in [0.05, 0.1) is 7.11 Å². The van der Waals surface area contributed by atoms with Crippen LogP contribution in [0.2, 0.25) is 0 Å². The van der Waals surface area contributed by atoms with Crippen molar-refractivity contribution < 1.29 is 9.84 Å². The molecule has 18 heavy (non-hydrogen) atoms. The van der Waals surface area contributed by atoms with E-state index in [4.69, 9.17) is 4.74 Å². The number of ether oxygens (including phenoxy) is 1. The number of hydrogen-bond acceptors (Lipinski definition) is 4. The Balaban J connectivity index is 1.82. The molecule has 0 aliphatic carbocycles. The molecule has 0 saturated carbocycles. The maximum Gasteiger partial charge on any atom is 0.162 e. The lowest BCUT2D eigenvalue weighted by atomic mass is 10.0. The average molecular weight is 267 g/mol. The van der Waals surface area contributed by atoms with Gasteiger partial charge in [-0.05, 0) is 42.9 Å². The maximum atomic E-state index is 9.96. The number of phenolic OH excluding ortho intramolecular Hbond substituents is 1. The molecule has 0 bridgehead atoms. The molecule has 2 N–H and O–H groups in total. The zero-order chi connectivity index (χ0) is 12.8. The number of nitrogens with one attached hydrogen (secondary N) is 1. The van der Waals surface area contributed by atoms with E-state index in [0.29, 0.717) is 12.3 Å². The Morgan fingerprint density at radius 3 is 2.89 bits per heavy atom. The zero-order valence-corrected chi connectivity index (χ0v) is 11.6. The summed E-state index contributed by atoms with van der Waals surface area (Å²) >= 11 is 2.05. The van der Waals surface area contributed by atoms with Crippen LogP contribution in [0, 0.1) is 5.92 Å². The number of aromatic hydroxyl groups is 1. The van der Waals surface area contributed by atoms with E-state index in [-0.39, 0.29) is 5.75 Å². The van der Waals surface area contributed by atoms with Crippen LogP contribution in [0.25, 0.3) is 0 Å². The summed E-state index contributed by atoms with van der Waals surface area (Å²) in [6.45, 7) is 1.74. The summed E-state index contributed by atoms with van der Waals surface area (Å²) in [4.78, 5) is 0. The molecule has 100 valence electrons. The van der Waals surface area contributed by atoms with Gasteiger partial charge in [0.1, 0.15) is 0 Å². The molecule has 1 aliphatic rings. The Morgan fingerprint density at radius 2 is 2.17 bits per heavy atom. The maximum absolute atomic E-state index is 9.96. The summed E-state index contributed by atoms with van der Waals surface area (Å²) < 4.78 is 5.10. The van der Waals surface area contributed by atoms with E-state index in [1.54, 1.807) is 13.2 Å². The van der Waals surface area contributed by atoms with Gasteiger partial charge in [0, 0.05) is 12.1 Å². The summed E-state index contributed by atoms with van der Waals surface area (Å²) in [5.41, 5.74) is 0.902. The standard InChI is InChI=1S/C14H21NO2S/c1-17-13-4-2-3-12(14(13)16)10-15-9-11-5-7-18-8-6-11/h2-4,11,15-16H,5-10H2,1H3. The molecule has 0 unspecified atom stereocenters. The fourth-order valence-corrected chi connectivity index (χ4v) is 3.44. The number of methoxy groups -OCH3 is 1. The molecule has 1 aliphatic heterocycles. The third kappa shape index (κ3) is 3.56. The van der Waals surface area contributed by atoms with E-state index in [9.17, 15) is 5.11 Å². The van der Waals surface area contributed by atoms with Crippen LogP contribution in [-0.2, 0) is 6.54 Å². The fraction of sp³-hybridized carbons (Fsp3) is 0.571. The van der Waals surface area contributed by atoms with Crippen LogP contribution in [0.3, 0.4) is 0 Å². The second kappa shape index (κ2) is 6.90. The quantitative estimate of drug-likeness (QED) is 0.860. The minimum Gasteiger partial charge on any atom is -0.504 e. The highest BCUT2D eigenvalue weighted by Crippen LogP contribution is 2.29. The first-order valence-electron chi connectivity index (χ1n) is 6.44. The van der Waals surface area contributed by atoms with Crippen molar-refractivity contribution in [3.8, 4) is 11.5 Å². The van der Waals surface area contributed by atoms with Gasteiger partial charge in [0.25, 0.3) is 0 Å². The molecule has 0 atom stereocenters. The molecule has 1 heterocycles. The van der Waals surface area contributed by atoms with E-state index >= 15 is 0 Å². The fourth-order valence-electron chi connectivity index (χ4n) is 2.24. The summed E-state index contributed by atoms with van der Waals surface area (Å²) in [5, 5.41) is 13.4. The van der Waals surface area contributed by atoms with Crippen molar-refractivity contribution in [2.45, 2.75) is 19.4 Å². The first kappa shape index (κ1) is 13.6. The van der Waals surface area contributed by atoms with Gasteiger partial charge in [-0.1, -0.05) is 12.1 Å². The normalized spacial score (nSPS) is 16.7. The largest absolute Gasteiger partial charge is 0.504 e. The molecular formula is C14H21NO2S. The van der Waals surface area contributed by atoms with Crippen molar-refractivity contribution in [1.29, 1.82) is 0 Å². The van der Waals surface area contributed by atoms with Gasteiger partial charge in [0.2, 0.25) is 0 Å². The van der Waals surface area contributed by atoms with Crippen molar-refractivity contribution in [2.24, 2.45) is 5.92 Å². The number of rotatable bonds is 5. The van der Waals surface area contributed by atoms with Crippen molar-refractivity contribution in [2.75, 3.05) is 25.2 Å². The first-order chi connectivity index (χ1) is 8.81. The molecular weight excluding hydrogens is 246 g/mol. The molecule has 1 saturated heterocycles. The first-order valence-corrected chi connectivity index (χ1v) is 7.60. The summed E-state index contributed by atoms with van der Waals surface area (Å²) in [6.07, 6.45) is 2.61. The number of benzene rings is 1. The van der Waals surface area contributed by atoms with E-state index < -0.39 is 0 Å². The molecule has 1 aromatic carbocycles. The topological polar surface area (TPSA) is 41.5 Å². The van der Waals surface area contributed by atoms with E-state index in [2.05, 4.69) is 17.1 Å². The van der Waals surface area contributed by atoms with Gasteiger partial charge in [-0.3, -0.25) is 0 Å². The van der Waals surface area contributed by atoms with Gasteiger partial charge in [-0.25, -0.2) is 0 Å². The van der Waals surface area contributed by atoms with E-state index in [1.807, 2.05) is 12.1 Å². The summed E-state index contributed by atoms with van der Waals surface area (Å²) in [7, 11) is 1.58. The Hall–Kier alpha value is -0.870.